The summed E-state index contributed by atoms with van der Waals surface area (Å²) in [6.07, 6.45) is 2.01. The van der Waals surface area contributed by atoms with E-state index in [0.717, 1.165) is 36.4 Å². The lowest BCUT2D eigenvalue weighted by atomic mass is 10.1. The largest absolute Gasteiger partial charge is 0.295 e. The standard InChI is InChI=1S/C14H10N2O10S2/c17-15(18)11-5-3-9(13(7-11)27(21,22)23)1-2-10-4-6-12(16(19)20)8-14(10)28(24,25)26/h1-8H,(H,21,22,23)(H,24,25,26)/b2-1-. The van der Waals surface area contributed by atoms with E-state index in [9.17, 15) is 46.2 Å². The maximum Gasteiger partial charge on any atom is 0.295 e. The van der Waals surface area contributed by atoms with Gasteiger partial charge in [-0.05, 0) is 23.3 Å². The van der Waals surface area contributed by atoms with Crippen molar-refractivity contribution in [2.24, 2.45) is 0 Å². The third kappa shape index (κ3) is 4.74. The molecule has 0 aromatic heterocycles. The maximum absolute atomic E-state index is 11.5. The molecule has 0 saturated heterocycles. The molecule has 0 radical (unpaired) electrons. The van der Waals surface area contributed by atoms with Gasteiger partial charge in [-0.1, -0.05) is 12.2 Å². The molecule has 2 aromatic rings. The van der Waals surface area contributed by atoms with Gasteiger partial charge >= 0.3 is 0 Å². The van der Waals surface area contributed by atoms with E-state index >= 15 is 0 Å². The SMILES string of the molecule is O=[N+]([O-])c1ccc(/C=C\c2ccc([N+](=O)[O-])cc2S(=O)(=O)O)c(S(=O)(=O)O)c1. The molecule has 0 aliphatic rings. The fourth-order valence-electron chi connectivity index (χ4n) is 2.17. The molecular weight excluding hydrogens is 420 g/mol. The molecule has 0 atom stereocenters. The van der Waals surface area contributed by atoms with Crippen molar-refractivity contribution >= 4 is 43.8 Å². The van der Waals surface area contributed by atoms with Crippen LogP contribution in [0.4, 0.5) is 11.4 Å². The van der Waals surface area contributed by atoms with Gasteiger partial charge in [-0.2, -0.15) is 16.8 Å². The Morgan fingerprint density at radius 3 is 1.29 bits per heavy atom. The Balaban J connectivity index is 2.64. The van der Waals surface area contributed by atoms with Crippen LogP contribution in [0.1, 0.15) is 11.1 Å². The molecule has 0 amide bonds. The van der Waals surface area contributed by atoms with Gasteiger partial charge in [0, 0.05) is 24.3 Å². The summed E-state index contributed by atoms with van der Waals surface area (Å²) >= 11 is 0. The minimum absolute atomic E-state index is 0.229. The highest BCUT2D eigenvalue weighted by molar-refractivity contribution is 7.86. The van der Waals surface area contributed by atoms with Crippen LogP contribution < -0.4 is 0 Å². The summed E-state index contributed by atoms with van der Waals surface area (Å²) in [7, 11) is -9.73. The quantitative estimate of drug-likeness (QED) is 0.296. The second-order valence-corrected chi connectivity index (χ2v) is 8.02. The molecule has 12 nitrogen and oxygen atoms in total. The number of non-ortho nitro benzene ring substituents is 2. The van der Waals surface area contributed by atoms with E-state index in [1.165, 1.54) is 0 Å². The zero-order valence-electron chi connectivity index (χ0n) is 13.5. The van der Waals surface area contributed by atoms with E-state index in [-0.39, 0.29) is 11.1 Å². The van der Waals surface area contributed by atoms with Crippen molar-refractivity contribution in [3.05, 3.63) is 67.8 Å². The molecule has 0 aliphatic carbocycles. The minimum Gasteiger partial charge on any atom is -0.282 e. The Morgan fingerprint density at radius 1 is 0.714 bits per heavy atom. The second kappa shape index (κ2) is 7.43. The molecular formula is C14H10N2O10S2. The van der Waals surface area contributed by atoms with E-state index in [1.807, 2.05) is 0 Å². The van der Waals surface area contributed by atoms with E-state index in [0.29, 0.717) is 12.1 Å². The van der Waals surface area contributed by atoms with Gasteiger partial charge in [-0.15, -0.1) is 0 Å². The Morgan fingerprint density at radius 2 is 1.04 bits per heavy atom. The van der Waals surface area contributed by atoms with Gasteiger partial charge in [-0.3, -0.25) is 29.3 Å². The first-order valence-corrected chi connectivity index (χ1v) is 9.88. The Labute approximate surface area is 157 Å². The van der Waals surface area contributed by atoms with Crippen molar-refractivity contribution in [3.63, 3.8) is 0 Å². The van der Waals surface area contributed by atoms with Crippen LogP contribution in [-0.4, -0.2) is 35.8 Å². The fraction of sp³-hybridized carbons (Fsp3) is 0. The zero-order chi connectivity index (χ0) is 21.3. The minimum atomic E-state index is -4.86. The van der Waals surface area contributed by atoms with E-state index in [1.54, 1.807) is 0 Å². The molecule has 28 heavy (non-hydrogen) atoms. The number of hydrogen-bond donors (Lipinski definition) is 2. The number of benzene rings is 2. The van der Waals surface area contributed by atoms with Crippen molar-refractivity contribution < 1.29 is 35.8 Å². The molecule has 0 saturated carbocycles. The lowest BCUT2D eigenvalue weighted by Gasteiger charge is -2.05. The highest BCUT2D eigenvalue weighted by atomic mass is 32.2. The number of nitro benzene ring substituents is 2. The molecule has 2 N–H and O–H groups in total. The Bertz CT molecular complexity index is 1120. The lowest BCUT2D eigenvalue weighted by molar-refractivity contribution is -0.385. The van der Waals surface area contributed by atoms with Crippen LogP contribution in [0.25, 0.3) is 12.2 Å². The van der Waals surface area contributed by atoms with Crippen LogP contribution in [0.3, 0.4) is 0 Å². The number of hydrogen-bond acceptors (Lipinski definition) is 8. The van der Waals surface area contributed by atoms with Gasteiger partial charge in [-0.25, -0.2) is 0 Å². The smallest absolute Gasteiger partial charge is 0.282 e. The van der Waals surface area contributed by atoms with Crippen LogP contribution in [0.2, 0.25) is 0 Å². The third-order valence-corrected chi connectivity index (χ3v) is 5.23. The molecule has 148 valence electrons. The summed E-state index contributed by atoms with van der Waals surface area (Å²) in [6, 6.07) is 5.11. The van der Waals surface area contributed by atoms with E-state index < -0.39 is 51.2 Å². The number of nitro groups is 2. The van der Waals surface area contributed by atoms with Crippen LogP contribution >= 0.6 is 0 Å². The summed E-state index contributed by atoms with van der Waals surface area (Å²) in [5, 5.41) is 21.5. The third-order valence-electron chi connectivity index (χ3n) is 3.41. The van der Waals surface area contributed by atoms with Crippen molar-refractivity contribution in [2.45, 2.75) is 9.79 Å². The maximum atomic E-state index is 11.5. The Hall–Kier alpha value is -3.20. The van der Waals surface area contributed by atoms with Crippen LogP contribution in [0.5, 0.6) is 0 Å². The van der Waals surface area contributed by atoms with Crippen molar-refractivity contribution in [2.75, 3.05) is 0 Å². The molecule has 0 fully saturated rings. The highest BCUT2D eigenvalue weighted by Gasteiger charge is 2.21. The first-order valence-electron chi connectivity index (χ1n) is 7.00. The fourth-order valence-corrected chi connectivity index (χ4v) is 3.58. The van der Waals surface area contributed by atoms with Gasteiger partial charge in [0.2, 0.25) is 0 Å². The van der Waals surface area contributed by atoms with Gasteiger partial charge in [0.1, 0.15) is 9.79 Å². The highest BCUT2D eigenvalue weighted by Crippen LogP contribution is 2.27. The normalized spacial score (nSPS) is 12.2. The average Bonchev–Trinajstić information content (AvgIpc) is 2.57. The van der Waals surface area contributed by atoms with E-state index in [4.69, 9.17) is 0 Å². The average molecular weight is 430 g/mol. The van der Waals surface area contributed by atoms with E-state index in [2.05, 4.69) is 0 Å². The summed E-state index contributed by atoms with van der Waals surface area (Å²) in [6.45, 7) is 0. The predicted molar refractivity (Wildman–Crippen MR) is 94.8 cm³/mol. The molecule has 0 heterocycles. The van der Waals surface area contributed by atoms with Crippen molar-refractivity contribution in [1.82, 2.24) is 0 Å². The van der Waals surface area contributed by atoms with Gasteiger partial charge in [0.05, 0.1) is 9.85 Å². The summed E-state index contributed by atoms with van der Waals surface area (Å²) in [5.41, 5.74) is -1.68. The molecule has 14 heteroatoms. The molecule has 2 rings (SSSR count). The number of nitrogens with zero attached hydrogens (tertiary/aromatic N) is 2. The lowest BCUT2D eigenvalue weighted by Crippen LogP contribution is -2.03. The van der Waals surface area contributed by atoms with Gasteiger partial charge in [0.25, 0.3) is 31.6 Å². The number of rotatable bonds is 6. The first kappa shape index (κ1) is 21.1. The summed E-state index contributed by atoms with van der Waals surface area (Å²) < 4.78 is 64.4. The first-order chi connectivity index (χ1) is 12.8. The molecule has 0 unspecified atom stereocenters. The monoisotopic (exact) mass is 430 g/mol. The van der Waals surface area contributed by atoms with Crippen molar-refractivity contribution in [1.29, 1.82) is 0 Å². The van der Waals surface area contributed by atoms with Gasteiger partial charge < -0.3 is 0 Å². The topological polar surface area (TPSA) is 195 Å². The predicted octanol–water partition coefficient (Wildman–Crippen LogP) is 2.17. The second-order valence-electron chi connectivity index (χ2n) is 5.24. The molecule has 0 aliphatic heterocycles. The summed E-state index contributed by atoms with van der Waals surface area (Å²) in [4.78, 5) is 18.2. The summed E-state index contributed by atoms with van der Waals surface area (Å²) in [5.74, 6) is 0. The van der Waals surface area contributed by atoms with Crippen molar-refractivity contribution in [3.8, 4) is 0 Å². The molecule has 2 aromatic carbocycles. The molecule has 0 spiro atoms. The Kier molecular flexibility index (Phi) is 5.60. The molecule has 0 bridgehead atoms. The van der Waals surface area contributed by atoms with Gasteiger partial charge in [0.15, 0.2) is 0 Å². The van der Waals surface area contributed by atoms with Crippen LogP contribution in [-0.2, 0) is 20.2 Å². The zero-order valence-corrected chi connectivity index (χ0v) is 15.1. The van der Waals surface area contributed by atoms with Crippen LogP contribution in [0.15, 0.2) is 46.2 Å². The van der Waals surface area contributed by atoms with Crippen LogP contribution in [0, 0.1) is 20.2 Å².